The van der Waals surface area contributed by atoms with E-state index in [1.54, 1.807) is 11.3 Å². The van der Waals surface area contributed by atoms with Crippen LogP contribution in [0.25, 0.3) is 0 Å². The summed E-state index contributed by atoms with van der Waals surface area (Å²) in [5.41, 5.74) is 2.07. The summed E-state index contributed by atoms with van der Waals surface area (Å²) < 4.78 is 1.15. The fraction of sp³-hybridized carbons (Fsp3) is 0.267. The van der Waals surface area contributed by atoms with E-state index in [2.05, 4.69) is 32.7 Å². The van der Waals surface area contributed by atoms with E-state index >= 15 is 0 Å². The summed E-state index contributed by atoms with van der Waals surface area (Å²) in [5.74, 6) is 0.230. The van der Waals surface area contributed by atoms with Gasteiger partial charge in [0.15, 0.2) is 0 Å². The molecule has 20 heavy (non-hydrogen) atoms. The van der Waals surface area contributed by atoms with E-state index in [4.69, 9.17) is 0 Å². The number of benzene rings is 1. The minimum absolute atomic E-state index is 0.230. The number of rotatable bonds is 4. The molecule has 1 aromatic carbocycles. The van der Waals surface area contributed by atoms with Gasteiger partial charge in [-0.15, -0.1) is 11.3 Å². The van der Waals surface area contributed by atoms with Crippen molar-refractivity contribution >= 4 is 44.5 Å². The van der Waals surface area contributed by atoms with Gasteiger partial charge in [0.25, 0.3) is 0 Å². The molecule has 0 unspecified atom stereocenters. The molecule has 3 nitrogen and oxygen atoms in total. The molecule has 2 heterocycles. The third-order valence-electron chi connectivity index (χ3n) is 3.40. The number of nitrogens with zero attached hydrogens (tertiary/aromatic N) is 1. The van der Waals surface area contributed by atoms with Crippen LogP contribution in [0.5, 0.6) is 0 Å². The monoisotopic (exact) mass is 350 g/mol. The van der Waals surface area contributed by atoms with Gasteiger partial charge in [-0.1, -0.05) is 0 Å². The Morgan fingerprint density at radius 3 is 2.65 bits per heavy atom. The zero-order valence-corrected chi connectivity index (χ0v) is 13.3. The number of hydrogen-bond acceptors (Lipinski definition) is 3. The largest absolute Gasteiger partial charge is 0.380 e. The number of amides is 1. The molecule has 1 aromatic heterocycles. The van der Waals surface area contributed by atoms with E-state index in [9.17, 15) is 4.79 Å². The van der Waals surface area contributed by atoms with E-state index < -0.39 is 0 Å². The SMILES string of the molecule is O=C1CCCN1c1ccc(NCc2sccc2Br)cc1. The van der Waals surface area contributed by atoms with Gasteiger partial charge >= 0.3 is 0 Å². The van der Waals surface area contributed by atoms with Crippen molar-refractivity contribution in [3.8, 4) is 0 Å². The second-order valence-corrected chi connectivity index (χ2v) is 6.60. The Balaban J connectivity index is 1.64. The first-order valence-electron chi connectivity index (χ1n) is 6.60. The Hall–Kier alpha value is -1.33. The van der Waals surface area contributed by atoms with Gasteiger partial charge in [0.1, 0.15) is 0 Å². The summed E-state index contributed by atoms with van der Waals surface area (Å²) in [6, 6.07) is 10.1. The third-order valence-corrected chi connectivity index (χ3v) is 5.32. The smallest absolute Gasteiger partial charge is 0.227 e. The summed E-state index contributed by atoms with van der Waals surface area (Å²) in [7, 11) is 0. The van der Waals surface area contributed by atoms with Crippen LogP contribution in [0.3, 0.4) is 0 Å². The lowest BCUT2D eigenvalue weighted by Gasteiger charge is -2.16. The van der Waals surface area contributed by atoms with Gasteiger partial charge in [0.2, 0.25) is 5.91 Å². The van der Waals surface area contributed by atoms with Crippen molar-refractivity contribution < 1.29 is 4.79 Å². The first kappa shape index (κ1) is 13.6. The highest BCUT2D eigenvalue weighted by atomic mass is 79.9. The summed E-state index contributed by atoms with van der Waals surface area (Å²) in [5, 5.41) is 5.47. The Bertz CT molecular complexity index is 609. The summed E-state index contributed by atoms with van der Waals surface area (Å²) in [6.07, 6.45) is 1.64. The van der Waals surface area contributed by atoms with E-state index in [0.29, 0.717) is 6.42 Å². The quantitative estimate of drug-likeness (QED) is 0.893. The van der Waals surface area contributed by atoms with E-state index in [-0.39, 0.29) is 5.91 Å². The Kier molecular flexibility index (Phi) is 4.08. The average Bonchev–Trinajstić information content (AvgIpc) is 3.06. The molecular weight excluding hydrogens is 336 g/mol. The van der Waals surface area contributed by atoms with Gasteiger partial charge in [-0.3, -0.25) is 4.79 Å². The summed E-state index contributed by atoms with van der Waals surface area (Å²) >= 11 is 5.26. The molecule has 0 radical (unpaired) electrons. The van der Waals surface area contributed by atoms with Crippen LogP contribution < -0.4 is 10.2 Å². The topological polar surface area (TPSA) is 32.3 Å². The number of carbonyl (C=O) groups is 1. The second kappa shape index (κ2) is 5.97. The minimum Gasteiger partial charge on any atom is -0.380 e. The first-order valence-corrected chi connectivity index (χ1v) is 8.27. The number of halogens is 1. The maximum absolute atomic E-state index is 11.7. The van der Waals surface area contributed by atoms with Crippen LogP contribution in [0.15, 0.2) is 40.2 Å². The van der Waals surface area contributed by atoms with Crippen molar-refractivity contribution in [2.75, 3.05) is 16.8 Å². The van der Waals surface area contributed by atoms with Gasteiger partial charge in [-0.05, 0) is 58.1 Å². The maximum Gasteiger partial charge on any atom is 0.227 e. The van der Waals surface area contributed by atoms with Gasteiger partial charge in [-0.25, -0.2) is 0 Å². The highest BCUT2D eigenvalue weighted by Crippen LogP contribution is 2.25. The zero-order valence-electron chi connectivity index (χ0n) is 10.9. The molecular formula is C15H15BrN2OS. The normalized spacial score (nSPS) is 14.8. The van der Waals surface area contributed by atoms with Crippen LogP contribution in [0.4, 0.5) is 11.4 Å². The predicted octanol–water partition coefficient (Wildman–Crippen LogP) is 4.25. The van der Waals surface area contributed by atoms with Crippen LogP contribution in [0.2, 0.25) is 0 Å². The number of nitrogens with one attached hydrogen (secondary N) is 1. The van der Waals surface area contributed by atoms with Crippen molar-refractivity contribution in [3.05, 3.63) is 45.1 Å². The summed E-state index contributed by atoms with van der Waals surface area (Å²) in [6.45, 7) is 1.65. The Labute approximate surface area is 130 Å². The molecule has 1 amide bonds. The fourth-order valence-corrected chi connectivity index (χ4v) is 3.75. The molecule has 0 saturated carbocycles. The first-order chi connectivity index (χ1) is 9.74. The van der Waals surface area contributed by atoms with Crippen LogP contribution in [0, 0.1) is 0 Å². The Morgan fingerprint density at radius 2 is 2.05 bits per heavy atom. The second-order valence-electron chi connectivity index (χ2n) is 4.74. The molecule has 1 aliphatic heterocycles. The van der Waals surface area contributed by atoms with Crippen molar-refractivity contribution in [1.82, 2.24) is 0 Å². The molecule has 0 atom stereocenters. The molecule has 1 aliphatic rings. The van der Waals surface area contributed by atoms with Crippen molar-refractivity contribution in [2.24, 2.45) is 0 Å². The van der Waals surface area contributed by atoms with Gasteiger partial charge in [0.05, 0.1) is 6.54 Å². The Morgan fingerprint density at radius 1 is 1.25 bits per heavy atom. The molecule has 2 aromatic rings. The van der Waals surface area contributed by atoms with Crippen molar-refractivity contribution in [2.45, 2.75) is 19.4 Å². The maximum atomic E-state index is 11.7. The van der Waals surface area contributed by atoms with Gasteiger partial charge in [-0.2, -0.15) is 0 Å². The number of anilines is 2. The average molecular weight is 351 g/mol. The van der Waals surface area contributed by atoms with Crippen molar-refractivity contribution in [3.63, 3.8) is 0 Å². The van der Waals surface area contributed by atoms with E-state index in [1.165, 1.54) is 4.88 Å². The number of carbonyl (C=O) groups excluding carboxylic acids is 1. The molecule has 0 spiro atoms. The lowest BCUT2D eigenvalue weighted by Crippen LogP contribution is -2.23. The third kappa shape index (κ3) is 2.88. The van der Waals surface area contributed by atoms with Crippen LogP contribution in [0.1, 0.15) is 17.7 Å². The number of thiophene rings is 1. The molecule has 1 fully saturated rings. The minimum atomic E-state index is 0.230. The van der Waals surface area contributed by atoms with Gasteiger partial charge < -0.3 is 10.2 Å². The van der Waals surface area contributed by atoms with Gasteiger partial charge in [0, 0.05) is 33.7 Å². The lowest BCUT2D eigenvalue weighted by molar-refractivity contribution is -0.117. The molecule has 1 N–H and O–H groups in total. The highest BCUT2D eigenvalue weighted by Gasteiger charge is 2.21. The molecule has 0 aliphatic carbocycles. The lowest BCUT2D eigenvalue weighted by atomic mass is 10.2. The van der Waals surface area contributed by atoms with Crippen LogP contribution >= 0.6 is 27.3 Å². The standard InChI is InChI=1S/C15H15BrN2OS/c16-13-7-9-20-14(13)10-17-11-3-5-12(6-4-11)18-8-1-2-15(18)19/h3-7,9,17H,1-2,8,10H2. The fourth-order valence-electron chi connectivity index (χ4n) is 2.31. The molecule has 3 rings (SSSR count). The zero-order chi connectivity index (χ0) is 13.9. The molecule has 1 saturated heterocycles. The predicted molar refractivity (Wildman–Crippen MR) is 87.4 cm³/mol. The highest BCUT2D eigenvalue weighted by molar-refractivity contribution is 9.10. The molecule has 104 valence electrons. The molecule has 5 heteroatoms. The van der Waals surface area contributed by atoms with E-state index in [1.807, 2.05) is 29.2 Å². The molecule has 0 bridgehead atoms. The van der Waals surface area contributed by atoms with Crippen LogP contribution in [-0.4, -0.2) is 12.5 Å². The number of hydrogen-bond donors (Lipinski definition) is 1. The van der Waals surface area contributed by atoms with E-state index in [0.717, 1.165) is 35.4 Å². The van der Waals surface area contributed by atoms with Crippen LogP contribution in [-0.2, 0) is 11.3 Å². The van der Waals surface area contributed by atoms with Crippen molar-refractivity contribution in [1.29, 1.82) is 0 Å². The summed E-state index contributed by atoms with van der Waals surface area (Å²) in [4.78, 5) is 14.8.